The number of hydrogen-bond donors (Lipinski definition) is 4. The molecular formula is C30H41N5O4S. The van der Waals surface area contributed by atoms with Crippen molar-refractivity contribution in [2.75, 3.05) is 39.0 Å². The maximum Gasteiger partial charge on any atom is 0.256 e. The van der Waals surface area contributed by atoms with E-state index in [1.165, 1.54) is 7.11 Å². The van der Waals surface area contributed by atoms with Crippen LogP contribution >= 0.6 is 12.6 Å². The first-order chi connectivity index (χ1) is 19.2. The Morgan fingerprint density at radius 2 is 1.90 bits per heavy atom. The van der Waals surface area contributed by atoms with Crippen LogP contribution in [-0.4, -0.2) is 65.3 Å². The molecule has 216 valence electrons. The molecule has 3 heterocycles. The van der Waals surface area contributed by atoms with Gasteiger partial charge in [-0.2, -0.15) is 12.6 Å². The van der Waals surface area contributed by atoms with Crippen molar-refractivity contribution < 1.29 is 14.3 Å². The number of carbonyl (C=O) groups excluding carboxylic acids is 2. The lowest BCUT2D eigenvalue weighted by Gasteiger charge is -2.36. The predicted octanol–water partition coefficient (Wildman–Crippen LogP) is 3.59. The number of hydrogen-bond acceptors (Lipinski definition) is 6. The van der Waals surface area contributed by atoms with Crippen LogP contribution in [0.15, 0.2) is 35.1 Å². The fourth-order valence-corrected chi connectivity index (χ4v) is 6.11. The number of ether oxygens (including phenoxy) is 1. The number of aromatic amines is 1. The molecule has 1 aromatic carbocycles. The van der Waals surface area contributed by atoms with Crippen molar-refractivity contribution in [1.82, 2.24) is 25.1 Å². The average molecular weight is 568 g/mol. The zero-order valence-corrected chi connectivity index (χ0v) is 24.8. The number of rotatable bonds is 11. The third-order valence-electron chi connectivity index (χ3n) is 8.07. The summed E-state index contributed by atoms with van der Waals surface area (Å²) in [5.41, 5.74) is 3.43. The molecule has 1 aliphatic heterocycles. The molecule has 1 aliphatic rings. The van der Waals surface area contributed by atoms with Crippen molar-refractivity contribution in [2.24, 2.45) is 5.92 Å². The van der Waals surface area contributed by atoms with Crippen molar-refractivity contribution in [3.8, 4) is 5.75 Å². The normalized spacial score (nSPS) is 15.2. The van der Waals surface area contributed by atoms with E-state index in [-0.39, 0.29) is 30.0 Å². The van der Waals surface area contributed by atoms with Crippen LogP contribution < -0.4 is 20.9 Å². The Bertz CT molecular complexity index is 1410. The summed E-state index contributed by atoms with van der Waals surface area (Å²) in [7, 11) is 1.52. The van der Waals surface area contributed by atoms with Crippen LogP contribution in [0.2, 0.25) is 0 Å². The first-order valence-electron chi connectivity index (χ1n) is 14.0. The number of aromatic nitrogens is 2. The highest BCUT2D eigenvalue weighted by atomic mass is 32.1. The number of pyridine rings is 1. The monoisotopic (exact) mass is 567 g/mol. The van der Waals surface area contributed by atoms with Crippen LogP contribution in [0.4, 0.5) is 0 Å². The number of nitrogens with zero attached hydrogens (tertiary/aromatic N) is 2. The summed E-state index contributed by atoms with van der Waals surface area (Å²) >= 11 is 4.11. The van der Waals surface area contributed by atoms with Gasteiger partial charge in [0.05, 0.1) is 24.8 Å². The van der Waals surface area contributed by atoms with Crippen molar-refractivity contribution in [2.45, 2.75) is 52.6 Å². The summed E-state index contributed by atoms with van der Waals surface area (Å²) in [5, 5.41) is 6.84. The number of para-hydroxylation sites is 1. The number of methoxy groups -OCH3 is 1. The number of likely N-dealkylation sites (tertiary alicyclic amines) is 1. The van der Waals surface area contributed by atoms with Crippen LogP contribution in [0.3, 0.4) is 0 Å². The molecule has 1 unspecified atom stereocenters. The summed E-state index contributed by atoms with van der Waals surface area (Å²) in [5.74, 6) is 1.33. The summed E-state index contributed by atoms with van der Waals surface area (Å²) in [6.45, 7) is 9.59. The van der Waals surface area contributed by atoms with Gasteiger partial charge in [0, 0.05) is 47.8 Å². The van der Waals surface area contributed by atoms with Crippen LogP contribution in [0.5, 0.6) is 5.75 Å². The molecule has 3 N–H and O–H groups in total. The van der Waals surface area contributed by atoms with Crippen molar-refractivity contribution >= 4 is 35.3 Å². The Kier molecular flexibility index (Phi) is 9.97. The van der Waals surface area contributed by atoms with Gasteiger partial charge >= 0.3 is 0 Å². The Morgan fingerprint density at radius 3 is 2.60 bits per heavy atom. The van der Waals surface area contributed by atoms with Gasteiger partial charge in [-0.15, -0.1) is 0 Å². The summed E-state index contributed by atoms with van der Waals surface area (Å²) in [4.78, 5) is 43.0. The van der Waals surface area contributed by atoms with Gasteiger partial charge in [0.25, 0.3) is 11.5 Å². The molecule has 0 aliphatic carbocycles. The second-order valence-corrected chi connectivity index (χ2v) is 11.0. The Hall–Kier alpha value is -3.24. The molecular weight excluding hydrogens is 526 g/mol. The summed E-state index contributed by atoms with van der Waals surface area (Å²) in [6, 6.07) is 10.00. The second kappa shape index (κ2) is 13.4. The maximum atomic E-state index is 13.6. The zero-order chi connectivity index (χ0) is 28.8. The predicted molar refractivity (Wildman–Crippen MR) is 162 cm³/mol. The largest absolute Gasteiger partial charge is 0.496 e. The van der Waals surface area contributed by atoms with E-state index < -0.39 is 0 Å². The third kappa shape index (κ3) is 6.55. The molecule has 2 amide bonds. The quantitative estimate of drug-likeness (QED) is 0.265. The molecule has 2 aromatic heterocycles. The van der Waals surface area contributed by atoms with Crippen LogP contribution in [0.1, 0.15) is 59.5 Å². The van der Waals surface area contributed by atoms with E-state index in [1.807, 2.05) is 25.1 Å². The number of carbonyl (C=O) groups is 2. The first-order valence-corrected chi connectivity index (χ1v) is 14.6. The minimum absolute atomic E-state index is 0.0538. The molecule has 10 heteroatoms. The number of benzene rings is 1. The Balaban J connectivity index is 1.47. The first kappa shape index (κ1) is 29.7. The van der Waals surface area contributed by atoms with E-state index in [0.717, 1.165) is 49.1 Å². The second-order valence-electron chi connectivity index (χ2n) is 10.6. The Morgan fingerprint density at radius 1 is 1.18 bits per heavy atom. The molecule has 0 spiro atoms. The lowest BCUT2D eigenvalue weighted by atomic mass is 9.90. The van der Waals surface area contributed by atoms with Gasteiger partial charge in [0.1, 0.15) is 5.75 Å². The standard InChI is InChI=1S/C30H41N5O4S/c1-19-17-26(39-4)24(29(37)33-19)18-32-30(38)28-21(3)35(25-8-6-5-7-23(25)28)20(2)22-9-13-34(14-10-22)15-12-31-27(36)11-16-40/h5-8,17,20,22,40H,9-16,18H2,1-4H3,(H,31,36)(H,32,38)(H,33,37). The SMILES string of the molecule is COc1cc(C)[nH]c(=O)c1CNC(=O)c1c(C)n(C(C)C2CCN(CCNC(=O)CCS)CC2)c2ccccc12. The number of thiol groups is 1. The molecule has 1 atom stereocenters. The number of amides is 2. The molecule has 4 rings (SSSR count). The highest BCUT2D eigenvalue weighted by molar-refractivity contribution is 7.80. The maximum absolute atomic E-state index is 13.6. The van der Waals surface area contributed by atoms with Gasteiger partial charge in [-0.1, -0.05) is 18.2 Å². The third-order valence-corrected chi connectivity index (χ3v) is 8.29. The lowest BCUT2D eigenvalue weighted by molar-refractivity contribution is -0.120. The molecule has 1 fully saturated rings. The van der Waals surface area contributed by atoms with Gasteiger partial charge in [0.2, 0.25) is 5.91 Å². The number of fused-ring (bicyclic) bond motifs is 1. The van der Waals surface area contributed by atoms with E-state index in [4.69, 9.17) is 4.74 Å². The molecule has 0 saturated carbocycles. The Labute approximate surface area is 241 Å². The van der Waals surface area contributed by atoms with E-state index in [2.05, 4.69) is 50.7 Å². The summed E-state index contributed by atoms with van der Waals surface area (Å²) in [6.07, 6.45) is 2.55. The lowest BCUT2D eigenvalue weighted by Crippen LogP contribution is -2.41. The molecule has 3 aromatic rings. The highest BCUT2D eigenvalue weighted by Gasteiger charge is 2.29. The van der Waals surface area contributed by atoms with Crippen molar-refractivity contribution in [3.63, 3.8) is 0 Å². The van der Waals surface area contributed by atoms with Crippen molar-refractivity contribution in [3.05, 3.63) is 63.2 Å². The van der Waals surface area contributed by atoms with Crippen LogP contribution in [0, 0.1) is 19.8 Å². The van der Waals surface area contributed by atoms with Gasteiger partial charge < -0.3 is 29.8 Å². The number of H-pyrrole nitrogens is 1. The van der Waals surface area contributed by atoms with Gasteiger partial charge in [-0.05, 0) is 70.5 Å². The van der Waals surface area contributed by atoms with E-state index in [0.29, 0.717) is 47.2 Å². The minimum atomic E-state index is -0.267. The fourth-order valence-electron chi connectivity index (χ4n) is 5.91. The fraction of sp³-hybridized carbons (Fsp3) is 0.500. The number of aryl methyl sites for hydroxylation is 1. The zero-order valence-electron chi connectivity index (χ0n) is 23.9. The van der Waals surface area contributed by atoms with Gasteiger partial charge in [-0.25, -0.2) is 0 Å². The summed E-state index contributed by atoms with van der Waals surface area (Å²) < 4.78 is 7.70. The number of nitrogens with one attached hydrogen (secondary N) is 3. The molecule has 40 heavy (non-hydrogen) atoms. The molecule has 0 bridgehead atoms. The van der Waals surface area contributed by atoms with Gasteiger partial charge in [0.15, 0.2) is 0 Å². The number of piperidine rings is 1. The van der Waals surface area contributed by atoms with Crippen molar-refractivity contribution in [1.29, 1.82) is 0 Å². The highest BCUT2D eigenvalue weighted by Crippen LogP contribution is 2.35. The average Bonchev–Trinajstić information content (AvgIpc) is 3.23. The van der Waals surface area contributed by atoms with E-state index >= 15 is 0 Å². The van der Waals surface area contributed by atoms with Crippen LogP contribution in [0.25, 0.3) is 10.9 Å². The molecule has 1 saturated heterocycles. The van der Waals surface area contributed by atoms with Crippen LogP contribution in [-0.2, 0) is 11.3 Å². The van der Waals surface area contributed by atoms with E-state index in [1.54, 1.807) is 13.0 Å². The van der Waals surface area contributed by atoms with Gasteiger partial charge in [-0.3, -0.25) is 14.4 Å². The van der Waals surface area contributed by atoms with E-state index in [9.17, 15) is 14.4 Å². The smallest absolute Gasteiger partial charge is 0.256 e. The topological polar surface area (TPSA) is 108 Å². The molecule has 0 radical (unpaired) electrons. The molecule has 9 nitrogen and oxygen atoms in total. The minimum Gasteiger partial charge on any atom is -0.496 e.